The second-order valence-corrected chi connectivity index (χ2v) is 7.29. The maximum absolute atomic E-state index is 9.49. The summed E-state index contributed by atoms with van der Waals surface area (Å²) in [4.78, 5) is 0. The Morgan fingerprint density at radius 2 is 2.17 bits per heavy atom. The lowest BCUT2D eigenvalue weighted by Gasteiger charge is -2.44. The average Bonchev–Trinajstić information content (AvgIpc) is 2.34. The highest BCUT2D eigenvalue weighted by Crippen LogP contribution is 2.40. The molecule has 3 N–H and O–H groups in total. The van der Waals surface area contributed by atoms with Crippen LogP contribution in [0, 0.1) is 5.41 Å². The van der Waals surface area contributed by atoms with Crippen LogP contribution in [0.5, 0.6) is 0 Å². The summed E-state index contributed by atoms with van der Waals surface area (Å²) < 4.78 is 0. The molecule has 4 heteroatoms. The van der Waals surface area contributed by atoms with E-state index in [0.717, 1.165) is 13.0 Å². The first-order chi connectivity index (χ1) is 8.51. The topological polar surface area (TPSA) is 52.5 Å². The Labute approximate surface area is 116 Å². The molecule has 0 amide bonds. The highest BCUT2D eigenvalue weighted by Gasteiger charge is 2.38. The summed E-state index contributed by atoms with van der Waals surface area (Å²) in [5.41, 5.74) is 0.329. The molecular formula is C14H29NO2S. The van der Waals surface area contributed by atoms with Gasteiger partial charge in [-0.1, -0.05) is 27.2 Å². The van der Waals surface area contributed by atoms with Gasteiger partial charge in [-0.15, -0.1) is 0 Å². The molecule has 0 spiro atoms. The standard InChI is InChI=1S/C14H29NO2S/c1-4-8-15-13-12(18-10-11(17)9-16)6-5-7-14(13,2)3/h11-13,15-17H,4-10H2,1-3H3. The molecule has 108 valence electrons. The van der Waals surface area contributed by atoms with Crippen LogP contribution in [0.1, 0.15) is 46.5 Å². The lowest BCUT2D eigenvalue weighted by atomic mass is 9.73. The van der Waals surface area contributed by atoms with Crippen LogP contribution >= 0.6 is 11.8 Å². The number of hydrogen-bond donors (Lipinski definition) is 3. The number of aliphatic hydroxyl groups excluding tert-OH is 2. The van der Waals surface area contributed by atoms with Crippen molar-refractivity contribution in [1.29, 1.82) is 0 Å². The molecule has 3 atom stereocenters. The fourth-order valence-electron chi connectivity index (χ4n) is 2.76. The predicted molar refractivity (Wildman–Crippen MR) is 79.1 cm³/mol. The minimum absolute atomic E-state index is 0.129. The summed E-state index contributed by atoms with van der Waals surface area (Å²) >= 11 is 1.82. The van der Waals surface area contributed by atoms with Crippen molar-refractivity contribution in [2.45, 2.75) is 63.9 Å². The van der Waals surface area contributed by atoms with Gasteiger partial charge >= 0.3 is 0 Å². The van der Waals surface area contributed by atoms with Gasteiger partial charge in [0.1, 0.15) is 0 Å². The molecule has 0 aromatic heterocycles. The molecule has 1 saturated carbocycles. The van der Waals surface area contributed by atoms with Gasteiger partial charge in [-0.3, -0.25) is 0 Å². The van der Waals surface area contributed by atoms with Crippen LogP contribution in [-0.2, 0) is 0 Å². The number of hydrogen-bond acceptors (Lipinski definition) is 4. The number of nitrogens with one attached hydrogen (secondary N) is 1. The van der Waals surface area contributed by atoms with Gasteiger partial charge in [-0.2, -0.15) is 11.8 Å². The quantitative estimate of drug-likeness (QED) is 0.665. The summed E-state index contributed by atoms with van der Waals surface area (Å²) in [5.74, 6) is 0.640. The van der Waals surface area contributed by atoms with E-state index >= 15 is 0 Å². The van der Waals surface area contributed by atoms with E-state index in [1.165, 1.54) is 19.3 Å². The fraction of sp³-hybridized carbons (Fsp3) is 1.00. The maximum atomic E-state index is 9.49. The number of rotatable bonds is 7. The van der Waals surface area contributed by atoms with Crippen molar-refractivity contribution in [1.82, 2.24) is 5.32 Å². The van der Waals surface area contributed by atoms with Crippen molar-refractivity contribution in [2.24, 2.45) is 5.41 Å². The maximum Gasteiger partial charge on any atom is 0.0861 e. The van der Waals surface area contributed by atoms with Gasteiger partial charge in [-0.05, 0) is 31.2 Å². The van der Waals surface area contributed by atoms with Gasteiger partial charge in [0.15, 0.2) is 0 Å². The fourth-order valence-corrected chi connectivity index (χ4v) is 4.32. The summed E-state index contributed by atoms with van der Waals surface area (Å²) in [6.45, 7) is 7.81. The predicted octanol–water partition coefficient (Wildman–Crippen LogP) is 2.02. The van der Waals surface area contributed by atoms with Crippen LogP contribution < -0.4 is 5.32 Å². The van der Waals surface area contributed by atoms with Crippen LogP contribution in [0.15, 0.2) is 0 Å². The van der Waals surface area contributed by atoms with Crippen molar-refractivity contribution in [3.05, 3.63) is 0 Å². The van der Waals surface area contributed by atoms with Gasteiger partial charge in [0.05, 0.1) is 12.7 Å². The van der Waals surface area contributed by atoms with E-state index in [1.54, 1.807) is 0 Å². The molecule has 1 rings (SSSR count). The molecule has 1 aliphatic carbocycles. The third-order valence-electron chi connectivity index (χ3n) is 3.85. The third kappa shape index (κ3) is 4.72. The first kappa shape index (κ1) is 16.3. The van der Waals surface area contributed by atoms with E-state index < -0.39 is 6.10 Å². The molecule has 0 bridgehead atoms. The zero-order chi connectivity index (χ0) is 13.6. The summed E-state index contributed by atoms with van der Waals surface area (Å²) in [6.07, 6.45) is 4.33. The molecule has 1 aliphatic rings. The molecule has 0 aromatic rings. The molecule has 0 heterocycles. The number of aliphatic hydroxyl groups is 2. The Balaban J connectivity index is 2.55. The van der Waals surface area contributed by atoms with Gasteiger partial charge < -0.3 is 15.5 Å². The second-order valence-electron chi connectivity index (χ2n) is 6.02. The first-order valence-electron chi connectivity index (χ1n) is 7.15. The van der Waals surface area contributed by atoms with Crippen LogP contribution in [-0.4, -0.2) is 46.5 Å². The minimum atomic E-state index is -0.577. The van der Waals surface area contributed by atoms with Crippen LogP contribution in [0.4, 0.5) is 0 Å². The normalized spacial score (nSPS) is 29.2. The van der Waals surface area contributed by atoms with E-state index in [0.29, 0.717) is 22.5 Å². The number of thioether (sulfide) groups is 1. The van der Waals surface area contributed by atoms with Crippen molar-refractivity contribution in [3.63, 3.8) is 0 Å². The summed E-state index contributed by atoms with van der Waals surface area (Å²) in [6, 6.07) is 0.516. The SMILES string of the molecule is CCCNC1C(SCC(O)CO)CCCC1(C)C. The molecule has 0 aliphatic heterocycles. The van der Waals surface area contributed by atoms with Crippen molar-refractivity contribution in [2.75, 3.05) is 18.9 Å². The lowest BCUT2D eigenvalue weighted by molar-refractivity contribution is 0.113. The van der Waals surface area contributed by atoms with Crippen LogP contribution in [0.25, 0.3) is 0 Å². The second kappa shape index (κ2) is 7.73. The minimum Gasteiger partial charge on any atom is -0.394 e. The van der Waals surface area contributed by atoms with E-state index in [4.69, 9.17) is 5.11 Å². The van der Waals surface area contributed by atoms with Gasteiger partial charge in [0.2, 0.25) is 0 Å². The van der Waals surface area contributed by atoms with Crippen LogP contribution in [0.3, 0.4) is 0 Å². The van der Waals surface area contributed by atoms with Gasteiger partial charge in [0.25, 0.3) is 0 Å². The molecule has 3 unspecified atom stereocenters. The summed E-state index contributed by atoms with van der Waals surface area (Å²) in [7, 11) is 0. The van der Waals surface area contributed by atoms with E-state index in [1.807, 2.05) is 11.8 Å². The van der Waals surface area contributed by atoms with E-state index in [9.17, 15) is 5.11 Å². The molecule has 0 saturated heterocycles. The largest absolute Gasteiger partial charge is 0.394 e. The zero-order valence-electron chi connectivity index (χ0n) is 12.0. The van der Waals surface area contributed by atoms with Crippen molar-refractivity contribution in [3.8, 4) is 0 Å². The Hall–Kier alpha value is 0.230. The van der Waals surface area contributed by atoms with Crippen molar-refractivity contribution < 1.29 is 10.2 Å². The molecular weight excluding hydrogens is 246 g/mol. The summed E-state index contributed by atoms with van der Waals surface area (Å²) in [5, 5.41) is 22.6. The Morgan fingerprint density at radius 1 is 1.44 bits per heavy atom. The Morgan fingerprint density at radius 3 is 2.78 bits per heavy atom. The molecule has 18 heavy (non-hydrogen) atoms. The van der Waals surface area contributed by atoms with E-state index in [2.05, 4.69) is 26.1 Å². The Kier molecular flexibility index (Phi) is 6.99. The van der Waals surface area contributed by atoms with E-state index in [-0.39, 0.29) is 6.61 Å². The monoisotopic (exact) mass is 275 g/mol. The van der Waals surface area contributed by atoms with Gasteiger partial charge in [0, 0.05) is 17.0 Å². The highest BCUT2D eigenvalue weighted by atomic mass is 32.2. The lowest BCUT2D eigenvalue weighted by Crippen LogP contribution is -2.51. The molecule has 3 nitrogen and oxygen atoms in total. The zero-order valence-corrected chi connectivity index (χ0v) is 12.8. The average molecular weight is 275 g/mol. The van der Waals surface area contributed by atoms with Crippen molar-refractivity contribution >= 4 is 11.8 Å². The molecule has 1 fully saturated rings. The third-order valence-corrected chi connectivity index (χ3v) is 5.36. The first-order valence-corrected chi connectivity index (χ1v) is 8.20. The Bertz CT molecular complexity index is 236. The molecule has 0 radical (unpaired) electrons. The van der Waals surface area contributed by atoms with Crippen LogP contribution in [0.2, 0.25) is 0 Å². The highest BCUT2D eigenvalue weighted by molar-refractivity contribution is 8.00. The van der Waals surface area contributed by atoms with Gasteiger partial charge in [-0.25, -0.2) is 0 Å². The smallest absolute Gasteiger partial charge is 0.0861 e. The molecule has 0 aromatic carbocycles.